The molecule has 1 saturated heterocycles. The average Bonchev–Trinajstić information content (AvgIpc) is 2.77. The number of methoxy groups -OCH3 is 1. The molecule has 0 bridgehead atoms. The minimum absolute atomic E-state index is 0.163. The van der Waals surface area contributed by atoms with E-state index in [-0.39, 0.29) is 13.2 Å². The fourth-order valence-electron chi connectivity index (χ4n) is 3.19. The molecule has 0 radical (unpaired) electrons. The Balaban J connectivity index is 2.15. The lowest BCUT2D eigenvalue weighted by Crippen LogP contribution is -2.50. The molecule has 1 heterocycles. The first-order valence-corrected chi connectivity index (χ1v) is 6.79. The number of alkyl halides is 3. The summed E-state index contributed by atoms with van der Waals surface area (Å²) in [4.78, 5) is 24.5. The molecule has 21 heavy (non-hydrogen) atoms. The lowest BCUT2D eigenvalue weighted by molar-refractivity contribution is -0.188. The van der Waals surface area contributed by atoms with Crippen LogP contribution in [0.3, 0.4) is 0 Å². The molecule has 1 amide bonds. The number of carboxylic acids is 1. The number of amides is 1. The zero-order valence-electron chi connectivity index (χ0n) is 11.7. The lowest BCUT2D eigenvalue weighted by atomic mass is 9.68. The molecule has 0 unspecified atom stereocenters. The van der Waals surface area contributed by atoms with Gasteiger partial charge in [0.2, 0.25) is 5.91 Å². The molecule has 0 aromatic heterocycles. The zero-order chi connectivity index (χ0) is 15.8. The van der Waals surface area contributed by atoms with Crippen LogP contribution in [0.2, 0.25) is 0 Å². The summed E-state index contributed by atoms with van der Waals surface area (Å²) in [5.41, 5.74) is -0.766. The van der Waals surface area contributed by atoms with Gasteiger partial charge < -0.3 is 14.7 Å². The van der Waals surface area contributed by atoms with Gasteiger partial charge >= 0.3 is 12.1 Å². The molecule has 5 nitrogen and oxygen atoms in total. The molecule has 1 saturated carbocycles. The summed E-state index contributed by atoms with van der Waals surface area (Å²) in [6, 6.07) is 0. The van der Waals surface area contributed by atoms with Crippen molar-refractivity contribution in [2.45, 2.75) is 25.4 Å². The van der Waals surface area contributed by atoms with Gasteiger partial charge in [-0.25, -0.2) is 0 Å². The van der Waals surface area contributed by atoms with Crippen LogP contribution < -0.4 is 0 Å². The second-order valence-corrected chi connectivity index (χ2v) is 5.87. The van der Waals surface area contributed by atoms with Crippen LogP contribution in [0.1, 0.15) is 19.3 Å². The van der Waals surface area contributed by atoms with Crippen LogP contribution in [0.25, 0.3) is 0 Å². The summed E-state index contributed by atoms with van der Waals surface area (Å²) < 4.78 is 43.8. The normalized spacial score (nSPS) is 28.3. The van der Waals surface area contributed by atoms with Crippen molar-refractivity contribution < 1.29 is 32.6 Å². The van der Waals surface area contributed by atoms with Crippen LogP contribution in [0.15, 0.2) is 0 Å². The van der Waals surface area contributed by atoms with Crippen molar-refractivity contribution in [2.75, 3.05) is 26.8 Å². The van der Waals surface area contributed by atoms with Gasteiger partial charge in [-0.3, -0.25) is 9.59 Å². The number of rotatable bonds is 4. The zero-order valence-corrected chi connectivity index (χ0v) is 11.7. The first-order valence-electron chi connectivity index (χ1n) is 6.79. The number of carbonyl (C=O) groups excluding carboxylic acids is 1. The lowest BCUT2D eigenvalue weighted by Gasteiger charge is -2.42. The van der Waals surface area contributed by atoms with E-state index in [1.807, 2.05) is 0 Å². The van der Waals surface area contributed by atoms with Gasteiger partial charge in [0.15, 0.2) is 0 Å². The summed E-state index contributed by atoms with van der Waals surface area (Å²) >= 11 is 0. The van der Waals surface area contributed by atoms with Crippen molar-refractivity contribution in [2.24, 2.45) is 17.3 Å². The number of nitrogens with zero attached hydrogens (tertiary/aromatic N) is 1. The van der Waals surface area contributed by atoms with E-state index in [0.29, 0.717) is 12.8 Å². The van der Waals surface area contributed by atoms with Crippen LogP contribution in [0, 0.1) is 17.3 Å². The molecule has 0 aromatic rings. The maximum absolute atomic E-state index is 12.9. The van der Waals surface area contributed by atoms with Gasteiger partial charge in [-0.05, 0) is 12.8 Å². The van der Waals surface area contributed by atoms with E-state index >= 15 is 0 Å². The largest absolute Gasteiger partial charge is 0.481 e. The van der Waals surface area contributed by atoms with Crippen LogP contribution in [-0.2, 0) is 14.3 Å². The first kappa shape index (κ1) is 16.1. The highest BCUT2D eigenvalue weighted by Gasteiger charge is 2.56. The van der Waals surface area contributed by atoms with Gasteiger partial charge in [0.05, 0.1) is 23.9 Å². The number of hydrogen-bond acceptors (Lipinski definition) is 3. The average molecular weight is 309 g/mol. The number of aliphatic carboxylic acids is 1. The van der Waals surface area contributed by atoms with E-state index in [9.17, 15) is 22.8 Å². The van der Waals surface area contributed by atoms with Crippen LogP contribution in [0.5, 0.6) is 0 Å². The smallest absolute Gasteiger partial charge is 0.394 e. The Morgan fingerprint density at radius 3 is 2.29 bits per heavy atom. The molecule has 2 aliphatic rings. The first-order chi connectivity index (χ1) is 9.71. The number of likely N-dealkylation sites (tertiary alicyclic amines) is 1. The third-order valence-corrected chi connectivity index (χ3v) is 4.53. The molecule has 8 heteroatoms. The fraction of sp³-hybridized carbons (Fsp3) is 0.846. The number of carboxylic acid groups (broad SMARTS) is 1. The van der Waals surface area contributed by atoms with Crippen molar-refractivity contribution in [3.05, 3.63) is 0 Å². The van der Waals surface area contributed by atoms with Crippen molar-refractivity contribution in [1.29, 1.82) is 0 Å². The Morgan fingerprint density at radius 2 is 1.95 bits per heavy atom. The quantitative estimate of drug-likeness (QED) is 0.855. The van der Waals surface area contributed by atoms with E-state index in [1.165, 1.54) is 7.11 Å². The van der Waals surface area contributed by atoms with Gasteiger partial charge in [0.25, 0.3) is 0 Å². The summed E-state index contributed by atoms with van der Waals surface area (Å²) in [5, 5.41) is 8.96. The highest BCUT2D eigenvalue weighted by atomic mass is 19.4. The number of carbonyl (C=O) groups is 2. The van der Waals surface area contributed by atoms with Gasteiger partial charge in [-0.1, -0.05) is 6.42 Å². The molecule has 2 rings (SSSR count). The number of halogens is 3. The fourth-order valence-corrected chi connectivity index (χ4v) is 3.19. The Labute approximate surface area is 120 Å². The molecular formula is C13H18F3NO4. The molecule has 2 fully saturated rings. The predicted octanol–water partition coefficient (Wildman–Crippen LogP) is 1.52. The minimum atomic E-state index is -4.62. The predicted molar refractivity (Wildman–Crippen MR) is 65.4 cm³/mol. The van der Waals surface area contributed by atoms with E-state index < -0.39 is 41.8 Å². The van der Waals surface area contributed by atoms with Crippen molar-refractivity contribution in [3.63, 3.8) is 0 Å². The Bertz CT molecular complexity index is 434. The van der Waals surface area contributed by atoms with Crippen molar-refractivity contribution >= 4 is 11.9 Å². The van der Waals surface area contributed by atoms with Crippen LogP contribution >= 0.6 is 0 Å². The van der Waals surface area contributed by atoms with E-state index in [0.717, 1.165) is 11.3 Å². The standard InChI is InChI=1S/C13H18F3NO4/c1-21-7-12(3-2-4-12)11(20)17-5-8(10(18)19)9(6-17)13(14,15)16/h8-9H,2-7H2,1H3,(H,18,19)/t8-,9-/m1/s1. The molecule has 0 spiro atoms. The third kappa shape index (κ3) is 2.86. The van der Waals surface area contributed by atoms with Gasteiger partial charge in [-0.2, -0.15) is 13.2 Å². The minimum Gasteiger partial charge on any atom is -0.481 e. The second-order valence-electron chi connectivity index (χ2n) is 5.87. The molecule has 0 aromatic carbocycles. The Hall–Kier alpha value is -1.31. The number of hydrogen-bond donors (Lipinski definition) is 1. The van der Waals surface area contributed by atoms with Crippen molar-refractivity contribution in [3.8, 4) is 0 Å². The maximum atomic E-state index is 12.9. The Kier molecular flexibility index (Phi) is 4.19. The van der Waals surface area contributed by atoms with Gasteiger partial charge in [0, 0.05) is 20.2 Å². The molecule has 2 atom stereocenters. The molecule has 1 aliphatic carbocycles. The summed E-state index contributed by atoms with van der Waals surface area (Å²) in [6.07, 6.45) is -2.64. The topological polar surface area (TPSA) is 66.8 Å². The highest BCUT2D eigenvalue weighted by molar-refractivity contribution is 5.85. The number of ether oxygens (including phenoxy) is 1. The van der Waals surface area contributed by atoms with Crippen LogP contribution in [0.4, 0.5) is 13.2 Å². The van der Waals surface area contributed by atoms with Crippen molar-refractivity contribution in [1.82, 2.24) is 4.90 Å². The molecule has 1 aliphatic heterocycles. The molecule has 120 valence electrons. The monoisotopic (exact) mass is 309 g/mol. The van der Waals surface area contributed by atoms with Gasteiger partial charge in [0.1, 0.15) is 0 Å². The van der Waals surface area contributed by atoms with E-state index in [4.69, 9.17) is 9.84 Å². The Morgan fingerprint density at radius 1 is 1.33 bits per heavy atom. The summed E-state index contributed by atoms with van der Waals surface area (Å²) in [7, 11) is 1.44. The second kappa shape index (κ2) is 5.47. The highest BCUT2D eigenvalue weighted by Crippen LogP contribution is 2.45. The molecule has 1 N–H and O–H groups in total. The van der Waals surface area contributed by atoms with Gasteiger partial charge in [-0.15, -0.1) is 0 Å². The SMILES string of the molecule is COCC1(C(=O)N2C[C@@H](C(F)(F)F)[C@H](C(=O)O)C2)CCC1. The summed E-state index contributed by atoms with van der Waals surface area (Å²) in [6.45, 7) is -0.800. The summed E-state index contributed by atoms with van der Waals surface area (Å²) in [5.74, 6) is -5.51. The van der Waals surface area contributed by atoms with E-state index in [2.05, 4.69) is 0 Å². The molecular weight excluding hydrogens is 291 g/mol. The van der Waals surface area contributed by atoms with E-state index in [1.54, 1.807) is 0 Å². The maximum Gasteiger partial charge on any atom is 0.394 e. The van der Waals surface area contributed by atoms with Crippen LogP contribution in [-0.4, -0.2) is 54.9 Å². The third-order valence-electron chi connectivity index (χ3n) is 4.53.